The van der Waals surface area contributed by atoms with Gasteiger partial charge in [0, 0.05) is 19.1 Å². The van der Waals surface area contributed by atoms with Crippen molar-refractivity contribution in [2.24, 2.45) is 0 Å². The van der Waals surface area contributed by atoms with Crippen molar-refractivity contribution in [3.63, 3.8) is 0 Å². The number of ether oxygens (including phenoxy) is 1. The Labute approximate surface area is 143 Å². The van der Waals surface area contributed by atoms with Gasteiger partial charge in [0.2, 0.25) is 5.91 Å². The summed E-state index contributed by atoms with van der Waals surface area (Å²) in [5, 5.41) is 7.59. The number of piperidine rings is 1. The number of hydrogen-bond acceptors (Lipinski definition) is 5. The minimum absolute atomic E-state index is 0.0613. The number of hydrogen-bond donors (Lipinski definition) is 3. The number of carbonyl (C=O) groups is 3. The minimum Gasteiger partial charge on any atom is -0.444 e. The first-order chi connectivity index (χ1) is 11.2. The normalized spacial score (nSPS) is 18.6. The summed E-state index contributed by atoms with van der Waals surface area (Å²) >= 11 is 0. The number of nitrogens with zero attached hydrogens (tertiary/aromatic N) is 1. The molecule has 138 valence electrons. The smallest absolute Gasteiger partial charge is 0.407 e. The Balaban J connectivity index is 2.45. The highest BCUT2D eigenvalue weighted by Gasteiger charge is 2.26. The lowest BCUT2D eigenvalue weighted by Crippen LogP contribution is -2.52. The third-order valence-electron chi connectivity index (χ3n) is 3.57. The fourth-order valence-electron chi connectivity index (χ4n) is 2.57. The third-order valence-corrected chi connectivity index (χ3v) is 3.57. The van der Waals surface area contributed by atoms with Crippen LogP contribution >= 0.6 is 0 Å². The van der Waals surface area contributed by atoms with E-state index in [1.807, 2.05) is 25.7 Å². The van der Waals surface area contributed by atoms with Crippen LogP contribution in [0.4, 0.5) is 9.59 Å². The Hall–Kier alpha value is -1.83. The summed E-state index contributed by atoms with van der Waals surface area (Å²) in [5.41, 5.74) is -0.539. The Morgan fingerprint density at radius 1 is 1.17 bits per heavy atom. The van der Waals surface area contributed by atoms with Gasteiger partial charge in [-0.3, -0.25) is 15.0 Å². The van der Waals surface area contributed by atoms with Gasteiger partial charge in [-0.05, 0) is 47.1 Å². The van der Waals surface area contributed by atoms with E-state index >= 15 is 0 Å². The first kappa shape index (κ1) is 20.2. The molecule has 1 rings (SSSR count). The van der Waals surface area contributed by atoms with E-state index in [2.05, 4.69) is 16.0 Å². The van der Waals surface area contributed by atoms with E-state index < -0.39 is 17.7 Å². The fraction of sp³-hybridized carbons (Fsp3) is 0.812. The monoisotopic (exact) mass is 342 g/mol. The van der Waals surface area contributed by atoms with E-state index in [4.69, 9.17) is 4.74 Å². The predicted octanol–water partition coefficient (Wildman–Crippen LogP) is 1.21. The first-order valence-electron chi connectivity index (χ1n) is 8.50. The van der Waals surface area contributed by atoms with Crippen LogP contribution in [0.25, 0.3) is 0 Å². The quantitative estimate of drug-likeness (QED) is 0.697. The molecular formula is C16H30N4O4. The van der Waals surface area contributed by atoms with Gasteiger partial charge >= 0.3 is 12.1 Å². The van der Waals surface area contributed by atoms with Gasteiger partial charge in [-0.1, -0.05) is 6.42 Å². The van der Waals surface area contributed by atoms with Crippen LogP contribution in [0, 0.1) is 0 Å². The highest BCUT2D eigenvalue weighted by Crippen LogP contribution is 2.16. The van der Waals surface area contributed by atoms with Gasteiger partial charge < -0.3 is 15.4 Å². The Morgan fingerprint density at radius 2 is 1.88 bits per heavy atom. The van der Waals surface area contributed by atoms with Gasteiger partial charge in [-0.2, -0.15) is 0 Å². The second-order valence-electron chi connectivity index (χ2n) is 6.91. The van der Waals surface area contributed by atoms with Gasteiger partial charge in [0.1, 0.15) is 5.60 Å². The molecule has 3 N–H and O–H groups in total. The SMILES string of the molecule is CCNC(=O)NC(=O)CN1CCCC[C@H]1CNC(=O)OC(C)(C)C. The molecule has 0 spiro atoms. The standard InChI is InChI=1S/C16H30N4O4/c1-5-17-14(22)19-13(21)11-20-9-7-6-8-12(20)10-18-15(23)24-16(2,3)4/h12H,5-11H2,1-4H3,(H,18,23)(H2,17,19,21,22)/t12-/m0/s1. The van der Waals surface area contributed by atoms with Crippen LogP contribution < -0.4 is 16.0 Å². The molecule has 4 amide bonds. The summed E-state index contributed by atoms with van der Waals surface area (Å²) in [6.45, 7) is 9.00. The fourth-order valence-corrected chi connectivity index (χ4v) is 2.57. The zero-order chi connectivity index (χ0) is 18.2. The van der Waals surface area contributed by atoms with Crippen molar-refractivity contribution in [2.75, 3.05) is 26.2 Å². The number of nitrogens with one attached hydrogen (secondary N) is 3. The number of likely N-dealkylation sites (tertiary alicyclic amines) is 1. The predicted molar refractivity (Wildman–Crippen MR) is 90.7 cm³/mol. The van der Waals surface area contributed by atoms with Gasteiger partial charge in [-0.15, -0.1) is 0 Å². The van der Waals surface area contributed by atoms with E-state index in [1.165, 1.54) is 0 Å². The number of rotatable bonds is 5. The maximum Gasteiger partial charge on any atom is 0.407 e. The number of urea groups is 1. The lowest BCUT2D eigenvalue weighted by Gasteiger charge is -2.35. The summed E-state index contributed by atoms with van der Waals surface area (Å²) in [6, 6.07) is -0.422. The molecule has 24 heavy (non-hydrogen) atoms. The molecule has 1 fully saturated rings. The highest BCUT2D eigenvalue weighted by atomic mass is 16.6. The van der Waals surface area contributed by atoms with Crippen LogP contribution in [0.3, 0.4) is 0 Å². The maximum atomic E-state index is 11.9. The average Bonchev–Trinajstić information content (AvgIpc) is 2.44. The third kappa shape index (κ3) is 8.14. The molecule has 1 aliphatic heterocycles. The van der Waals surface area contributed by atoms with Crippen molar-refractivity contribution >= 4 is 18.0 Å². The molecule has 0 aromatic heterocycles. The topological polar surface area (TPSA) is 99.8 Å². The van der Waals surface area contributed by atoms with Crippen molar-refractivity contribution in [3.05, 3.63) is 0 Å². The van der Waals surface area contributed by atoms with Crippen LogP contribution in [0.5, 0.6) is 0 Å². The van der Waals surface area contributed by atoms with E-state index in [1.54, 1.807) is 6.92 Å². The summed E-state index contributed by atoms with van der Waals surface area (Å²) < 4.78 is 5.22. The lowest BCUT2D eigenvalue weighted by atomic mass is 10.0. The van der Waals surface area contributed by atoms with E-state index in [0.717, 1.165) is 25.8 Å². The molecule has 0 aromatic carbocycles. The zero-order valence-corrected chi connectivity index (χ0v) is 15.1. The van der Waals surface area contributed by atoms with Crippen molar-refractivity contribution in [2.45, 2.75) is 58.6 Å². The summed E-state index contributed by atoms with van der Waals surface area (Å²) in [7, 11) is 0. The molecule has 1 aliphatic rings. The zero-order valence-electron chi connectivity index (χ0n) is 15.1. The van der Waals surface area contributed by atoms with Crippen molar-refractivity contribution in [1.29, 1.82) is 0 Å². The summed E-state index contributed by atoms with van der Waals surface area (Å²) in [6.07, 6.45) is 2.48. The lowest BCUT2D eigenvalue weighted by molar-refractivity contribution is -0.122. The number of imide groups is 1. The van der Waals surface area contributed by atoms with Crippen LogP contribution in [0.15, 0.2) is 0 Å². The maximum absolute atomic E-state index is 11.9. The average molecular weight is 342 g/mol. The molecule has 1 heterocycles. The Morgan fingerprint density at radius 3 is 2.50 bits per heavy atom. The molecule has 0 unspecified atom stereocenters. The van der Waals surface area contributed by atoms with Crippen molar-refractivity contribution < 1.29 is 19.1 Å². The van der Waals surface area contributed by atoms with Gasteiger partial charge in [0.25, 0.3) is 0 Å². The summed E-state index contributed by atoms with van der Waals surface area (Å²) in [4.78, 5) is 37.1. The van der Waals surface area contributed by atoms with E-state index in [9.17, 15) is 14.4 Å². The first-order valence-corrected chi connectivity index (χ1v) is 8.50. The number of amides is 4. The largest absolute Gasteiger partial charge is 0.444 e. The van der Waals surface area contributed by atoms with Crippen LogP contribution in [-0.4, -0.2) is 60.8 Å². The summed E-state index contributed by atoms with van der Waals surface area (Å²) in [5.74, 6) is -0.342. The van der Waals surface area contributed by atoms with Crippen LogP contribution in [0.1, 0.15) is 47.0 Å². The number of alkyl carbamates (subject to hydrolysis) is 1. The highest BCUT2D eigenvalue weighted by molar-refractivity contribution is 5.95. The molecule has 1 saturated heterocycles. The van der Waals surface area contributed by atoms with Crippen molar-refractivity contribution in [1.82, 2.24) is 20.9 Å². The molecule has 0 bridgehead atoms. The molecule has 1 atom stereocenters. The molecule has 0 aliphatic carbocycles. The molecular weight excluding hydrogens is 312 g/mol. The second kappa shape index (κ2) is 9.46. The van der Waals surface area contributed by atoms with Gasteiger partial charge in [-0.25, -0.2) is 9.59 Å². The molecule has 0 saturated carbocycles. The van der Waals surface area contributed by atoms with Crippen LogP contribution in [-0.2, 0) is 9.53 Å². The molecule has 8 heteroatoms. The van der Waals surface area contributed by atoms with Gasteiger partial charge in [0.15, 0.2) is 0 Å². The second-order valence-corrected chi connectivity index (χ2v) is 6.91. The van der Waals surface area contributed by atoms with Crippen LogP contribution in [0.2, 0.25) is 0 Å². The Bertz CT molecular complexity index is 448. The molecule has 0 radical (unpaired) electrons. The van der Waals surface area contributed by atoms with E-state index in [-0.39, 0.29) is 18.5 Å². The minimum atomic E-state index is -0.539. The molecule has 0 aromatic rings. The number of carbonyl (C=O) groups excluding carboxylic acids is 3. The molecule has 8 nitrogen and oxygen atoms in total. The Kier molecular flexibility index (Phi) is 7.97. The van der Waals surface area contributed by atoms with Gasteiger partial charge in [0.05, 0.1) is 6.54 Å². The van der Waals surface area contributed by atoms with Crippen molar-refractivity contribution in [3.8, 4) is 0 Å². The van der Waals surface area contributed by atoms with E-state index in [0.29, 0.717) is 13.1 Å².